The number of aromatic nitrogens is 2. The second-order valence-corrected chi connectivity index (χ2v) is 9.46. The van der Waals surface area contributed by atoms with Gasteiger partial charge in [-0.05, 0) is 31.2 Å². The number of nitrogens with zero attached hydrogens (tertiary/aromatic N) is 5. The summed E-state index contributed by atoms with van der Waals surface area (Å²) in [7, 11) is 2.18. The SMILES string of the molecule is CN1CCN(c2ccc(Cc3nc4c(c(N[C@@H]5CCN(C(=O)CCl)C5)n3)C=CC4)cc2)CC1. The molecule has 2 aromatic rings. The first-order chi connectivity index (χ1) is 16.1. The van der Waals surface area contributed by atoms with Gasteiger partial charge in [0.25, 0.3) is 0 Å². The number of benzene rings is 1. The molecule has 5 rings (SSSR count). The van der Waals surface area contributed by atoms with Crippen LogP contribution in [0.5, 0.6) is 0 Å². The summed E-state index contributed by atoms with van der Waals surface area (Å²) in [4.78, 5) is 28.3. The van der Waals surface area contributed by atoms with E-state index in [1.165, 1.54) is 11.3 Å². The van der Waals surface area contributed by atoms with Crippen LogP contribution >= 0.6 is 11.6 Å². The van der Waals surface area contributed by atoms with Crippen molar-refractivity contribution >= 4 is 35.1 Å². The Hall–Kier alpha value is -2.64. The van der Waals surface area contributed by atoms with Crippen LogP contribution in [0.2, 0.25) is 0 Å². The average Bonchev–Trinajstić information content (AvgIpc) is 3.49. The zero-order chi connectivity index (χ0) is 22.8. The van der Waals surface area contributed by atoms with Gasteiger partial charge in [0.05, 0.1) is 5.69 Å². The van der Waals surface area contributed by atoms with Gasteiger partial charge in [-0.15, -0.1) is 11.6 Å². The van der Waals surface area contributed by atoms with E-state index in [1.54, 1.807) is 0 Å². The van der Waals surface area contributed by atoms with Gasteiger partial charge in [-0.1, -0.05) is 24.3 Å². The van der Waals surface area contributed by atoms with Crippen molar-refractivity contribution in [2.24, 2.45) is 0 Å². The summed E-state index contributed by atoms with van der Waals surface area (Å²) in [6.07, 6.45) is 6.67. The van der Waals surface area contributed by atoms with Crippen molar-refractivity contribution in [3.05, 3.63) is 53.0 Å². The number of alkyl halides is 1. The fraction of sp³-hybridized carbons (Fsp3) is 0.480. The van der Waals surface area contributed by atoms with Crippen LogP contribution in [0.15, 0.2) is 30.3 Å². The Kier molecular flexibility index (Phi) is 6.51. The Morgan fingerprint density at radius 3 is 2.67 bits per heavy atom. The normalized spacial score (nSPS) is 20.4. The Labute approximate surface area is 200 Å². The number of nitrogens with one attached hydrogen (secondary N) is 1. The van der Waals surface area contributed by atoms with Crippen molar-refractivity contribution in [2.75, 3.05) is 62.4 Å². The minimum absolute atomic E-state index is 0.00510. The molecule has 0 spiro atoms. The van der Waals surface area contributed by atoms with E-state index in [4.69, 9.17) is 21.6 Å². The van der Waals surface area contributed by atoms with E-state index in [0.717, 1.165) is 68.5 Å². The molecule has 3 heterocycles. The fourth-order valence-electron chi connectivity index (χ4n) is 4.83. The van der Waals surface area contributed by atoms with Crippen LogP contribution in [0, 0.1) is 0 Å². The summed E-state index contributed by atoms with van der Waals surface area (Å²) in [5.41, 5.74) is 4.64. The molecule has 1 aromatic heterocycles. The number of likely N-dealkylation sites (N-methyl/N-ethyl adjacent to an activating group) is 1. The van der Waals surface area contributed by atoms with Gasteiger partial charge in [-0.2, -0.15) is 0 Å². The second-order valence-electron chi connectivity index (χ2n) is 9.19. The molecule has 1 atom stereocenters. The van der Waals surface area contributed by atoms with E-state index in [2.05, 4.69) is 58.6 Å². The third kappa shape index (κ3) is 4.99. The zero-order valence-electron chi connectivity index (χ0n) is 19.1. The Morgan fingerprint density at radius 1 is 1.12 bits per heavy atom. The number of likely N-dealkylation sites (tertiary alicyclic amines) is 1. The van der Waals surface area contributed by atoms with Crippen molar-refractivity contribution in [2.45, 2.75) is 25.3 Å². The summed E-state index contributed by atoms with van der Waals surface area (Å²) in [5, 5.41) is 3.58. The topological polar surface area (TPSA) is 64.6 Å². The highest BCUT2D eigenvalue weighted by Crippen LogP contribution is 2.27. The maximum atomic E-state index is 11.9. The number of piperazine rings is 1. The van der Waals surface area contributed by atoms with Gasteiger partial charge in [0, 0.05) is 69.4 Å². The number of anilines is 2. The standard InChI is InChI=1S/C25H31ClN6O/c1-30-11-13-31(14-12-30)20-7-5-18(6-8-20)15-23-28-22-4-2-3-21(22)25(29-23)27-19-9-10-32(17-19)24(33)16-26/h2-3,5-8,19H,4,9-17H2,1H3,(H,27,28,29)/t19-/m1/s1. The molecule has 174 valence electrons. The molecule has 2 saturated heterocycles. The number of carbonyl (C=O) groups excluding carboxylic acids is 1. The summed E-state index contributed by atoms with van der Waals surface area (Å²) < 4.78 is 0. The van der Waals surface area contributed by atoms with Gasteiger partial charge >= 0.3 is 0 Å². The largest absolute Gasteiger partial charge is 0.369 e. The molecule has 1 aliphatic carbocycles. The van der Waals surface area contributed by atoms with Crippen LogP contribution in [0.25, 0.3) is 6.08 Å². The fourth-order valence-corrected chi connectivity index (χ4v) is 5.00. The van der Waals surface area contributed by atoms with Gasteiger partial charge in [0.1, 0.15) is 17.5 Å². The molecule has 33 heavy (non-hydrogen) atoms. The number of carbonyl (C=O) groups is 1. The van der Waals surface area contributed by atoms with E-state index in [-0.39, 0.29) is 17.8 Å². The molecule has 8 heteroatoms. The highest BCUT2D eigenvalue weighted by atomic mass is 35.5. The third-order valence-electron chi connectivity index (χ3n) is 6.83. The molecular formula is C25H31ClN6O. The lowest BCUT2D eigenvalue weighted by Crippen LogP contribution is -2.44. The number of hydrogen-bond donors (Lipinski definition) is 1. The van der Waals surface area contributed by atoms with E-state index in [9.17, 15) is 4.79 Å². The number of allylic oxidation sites excluding steroid dienone is 1. The van der Waals surface area contributed by atoms with E-state index in [1.807, 2.05) is 4.90 Å². The van der Waals surface area contributed by atoms with Crippen LogP contribution in [0.3, 0.4) is 0 Å². The van der Waals surface area contributed by atoms with E-state index >= 15 is 0 Å². The molecular weight excluding hydrogens is 436 g/mol. The molecule has 0 saturated carbocycles. The summed E-state index contributed by atoms with van der Waals surface area (Å²) in [6.45, 7) is 5.75. The minimum Gasteiger partial charge on any atom is -0.369 e. The van der Waals surface area contributed by atoms with Crippen LogP contribution in [0.4, 0.5) is 11.5 Å². The van der Waals surface area contributed by atoms with Crippen LogP contribution in [-0.2, 0) is 17.6 Å². The van der Waals surface area contributed by atoms with Crippen LogP contribution in [0.1, 0.15) is 29.1 Å². The molecule has 0 bridgehead atoms. The first-order valence-corrected chi connectivity index (χ1v) is 12.3. The van der Waals surface area contributed by atoms with Gasteiger partial charge in [-0.25, -0.2) is 9.97 Å². The molecule has 0 radical (unpaired) electrons. The highest BCUT2D eigenvalue weighted by molar-refractivity contribution is 6.27. The molecule has 2 aliphatic heterocycles. The van der Waals surface area contributed by atoms with Gasteiger partial charge in [0.2, 0.25) is 5.91 Å². The van der Waals surface area contributed by atoms with E-state index < -0.39 is 0 Å². The molecule has 3 aliphatic rings. The Bertz CT molecular complexity index is 1030. The molecule has 0 unspecified atom stereocenters. The monoisotopic (exact) mass is 466 g/mol. The zero-order valence-corrected chi connectivity index (χ0v) is 19.9. The Balaban J connectivity index is 1.28. The summed E-state index contributed by atoms with van der Waals surface area (Å²) in [6, 6.07) is 9.01. The van der Waals surface area contributed by atoms with Crippen molar-refractivity contribution in [3.8, 4) is 0 Å². The van der Waals surface area contributed by atoms with E-state index in [0.29, 0.717) is 13.0 Å². The molecule has 1 aromatic carbocycles. The lowest BCUT2D eigenvalue weighted by Gasteiger charge is -2.34. The van der Waals surface area contributed by atoms with Gasteiger partial charge in [0.15, 0.2) is 0 Å². The maximum Gasteiger partial charge on any atom is 0.237 e. The number of amides is 1. The van der Waals surface area contributed by atoms with Crippen molar-refractivity contribution in [1.82, 2.24) is 19.8 Å². The molecule has 1 amide bonds. The number of hydrogen-bond acceptors (Lipinski definition) is 6. The first kappa shape index (κ1) is 22.2. The second kappa shape index (κ2) is 9.69. The number of fused-ring (bicyclic) bond motifs is 1. The first-order valence-electron chi connectivity index (χ1n) is 11.8. The third-order valence-corrected chi connectivity index (χ3v) is 7.06. The maximum absolute atomic E-state index is 11.9. The van der Waals surface area contributed by atoms with Crippen LogP contribution in [-0.4, -0.2) is 83.9 Å². The highest BCUT2D eigenvalue weighted by Gasteiger charge is 2.27. The number of halogens is 1. The molecule has 1 N–H and O–H groups in total. The average molecular weight is 467 g/mol. The quantitative estimate of drug-likeness (QED) is 0.660. The number of rotatable bonds is 6. The summed E-state index contributed by atoms with van der Waals surface area (Å²) in [5.74, 6) is 1.74. The molecule has 2 fully saturated rings. The van der Waals surface area contributed by atoms with Gasteiger partial charge in [-0.3, -0.25) is 4.79 Å². The van der Waals surface area contributed by atoms with Crippen molar-refractivity contribution in [1.29, 1.82) is 0 Å². The van der Waals surface area contributed by atoms with Crippen molar-refractivity contribution < 1.29 is 4.79 Å². The lowest BCUT2D eigenvalue weighted by molar-refractivity contribution is -0.127. The van der Waals surface area contributed by atoms with Crippen LogP contribution < -0.4 is 10.2 Å². The molecule has 7 nitrogen and oxygen atoms in total. The summed E-state index contributed by atoms with van der Waals surface area (Å²) >= 11 is 5.73. The Morgan fingerprint density at radius 2 is 1.91 bits per heavy atom. The van der Waals surface area contributed by atoms with Gasteiger partial charge < -0.3 is 20.0 Å². The van der Waals surface area contributed by atoms with Crippen molar-refractivity contribution in [3.63, 3.8) is 0 Å². The predicted octanol–water partition coefficient (Wildman–Crippen LogP) is 2.64. The minimum atomic E-state index is -0.00510. The lowest BCUT2D eigenvalue weighted by atomic mass is 10.1. The predicted molar refractivity (Wildman–Crippen MR) is 133 cm³/mol. The smallest absolute Gasteiger partial charge is 0.237 e.